The second-order valence-electron chi connectivity index (χ2n) is 4.68. The van der Waals surface area contributed by atoms with Gasteiger partial charge in [-0.05, 0) is 19.3 Å². The summed E-state index contributed by atoms with van der Waals surface area (Å²) in [6.07, 6.45) is 0.420. The van der Waals surface area contributed by atoms with Gasteiger partial charge in [0.25, 0.3) is 0 Å². The van der Waals surface area contributed by atoms with Gasteiger partial charge < -0.3 is 10.6 Å². The van der Waals surface area contributed by atoms with E-state index in [0.717, 1.165) is 0 Å². The first-order chi connectivity index (χ1) is 7.85. The molecule has 2 N–H and O–H groups in total. The van der Waals surface area contributed by atoms with Crippen molar-refractivity contribution in [3.05, 3.63) is 0 Å². The summed E-state index contributed by atoms with van der Waals surface area (Å²) in [6.45, 7) is 7.81. The Kier molecular flexibility index (Phi) is 6.26. The Bertz CT molecular complexity index is 320. The maximum absolute atomic E-state index is 11.7. The van der Waals surface area contributed by atoms with Crippen molar-refractivity contribution in [1.29, 1.82) is 5.26 Å². The summed E-state index contributed by atoms with van der Waals surface area (Å²) in [5, 5.41) is 14.0. The molecule has 2 amide bonds. The predicted octanol–water partition coefficient (Wildman–Crippen LogP) is 0.815. The average molecular weight is 239 g/mol. The number of hydrogen-bond acceptors (Lipinski definition) is 3. The van der Waals surface area contributed by atoms with Gasteiger partial charge >= 0.3 is 0 Å². The number of carbonyl (C=O) groups is 2. The minimum atomic E-state index is -1.06. The van der Waals surface area contributed by atoms with Gasteiger partial charge in [0.15, 0.2) is 0 Å². The monoisotopic (exact) mass is 239 g/mol. The quantitative estimate of drug-likeness (QED) is 0.719. The van der Waals surface area contributed by atoms with Gasteiger partial charge in [0.2, 0.25) is 11.8 Å². The van der Waals surface area contributed by atoms with Gasteiger partial charge in [-0.3, -0.25) is 9.59 Å². The third-order valence-electron chi connectivity index (χ3n) is 2.57. The first-order valence-corrected chi connectivity index (χ1v) is 5.82. The van der Waals surface area contributed by atoms with Crippen LogP contribution in [0.15, 0.2) is 0 Å². The van der Waals surface area contributed by atoms with Crippen LogP contribution in [0.4, 0.5) is 0 Å². The number of nitrogens with one attached hydrogen (secondary N) is 2. The van der Waals surface area contributed by atoms with Crippen LogP contribution in [0.2, 0.25) is 0 Å². The Hall–Kier alpha value is -1.57. The third kappa shape index (κ3) is 5.34. The van der Waals surface area contributed by atoms with Crippen LogP contribution >= 0.6 is 0 Å². The van der Waals surface area contributed by atoms with E-state index in [2.05, 4.69) is 10.6 Å². The molecular weight excluding hydrogens is 218 g/mol. The summed E-state index contributed by atoms with van der Waals surface area (Å²) in [7, 11) is 0. The van der Waals surface area contributed by atoms with Gasteiger partial charge in [-0.1, -0.05) is 20.8 Å². The Morgan fingerprint density at radius 1 is 1.35 bits per heavy atom. The van der Waals surface area contributed by atoms with Crippen molar-refractivity contribution in [1.82, 2.24) is 10.6 Å². The van der Waals surface area contributed by atoms with E-state index in [9.17, 15) is 9.59 Å². The number of carbonyl (C=O) groups excluding carboxylic acids is 2. The fourth-order valence-corrected chi connectivity index (χ4v) is 1.03. The van der Waals surface area contributed by atoms with E-state index >= 15 is 0 Å². The highest BCUT2D eigenvalue weighted by molar-refractivity contribution is 5.89. The van der Waals surface area contributed by atoms with E-state index in [0.29, 0.717) is 18.9 Å². The van der Waals surface area contributed by atoms with E-state index in [-0.39, 0.29) is 12.5 Å². The Morgan fingerprint density at radius 3 is 2.35 bits per heavy atom. The van der Waals surface area contributed by atoms with Crippen molar-refractivity contribution >= 4 is 11.8 Å². The Balaban J connectivity index is 4.09. The molecule has 0 aromatic carbocycles. The van der Waals surface area contributed by atoms with Gasteiger partial charge in [0.05, 0.1) is 12.6 Å². The molecule has 1 atom stereocenters. The summed E-state index contributed by atoms with van der Waals surface area (Å²) < 4.78 is 0. The number of rotatable bonds is 6. The lowest BCUT2D eigenvalue weighted by atomic mass is 9.88. The lowest BCUT2D eigenvalue weighted by molar-refractivity contribution is -0.130. The van der Waals surface area contributed by atoms with Gasteiger partial charge in [-0.15, -0.1) is 0 Å². The largest absolute Gasteiger partial charge is 0.354 e. The molecule has 0 aliphatic rings. The molecular formula is C12H21N3O2. The van der Waals surface area contributed by atoms with Crippen LogP contribution in [0.5, 0.6) is 0 Å². The first kappa shape index (κ1) is 15.4. The highest BCUT2D eigenvalue weighted by Crippen LogP contribution is 2.19. The fraction of sp³-hybridized carbons (Fsp3) is 0.750. The minimum absolute atomic E-state index is 0.0805. The van der Waals surface area contributed by atoms with Gasteiger partial charge in [-0.2, -0.15) is 5.26 Å². The molecule has 0 saturated heterocycles. The zero-order valence-corrected chi connectivity index (χ0v) is 11.0. The van der Waals surface area contributed by atoms with Crippen LogP contribution < -0.4 is 10.6 Å². The van der Waals surface area contributed by atoms with E-state index in [4.69, 9.17) is 5.26 Å². The molecule has 1 unspecified atom stereocenters. The molecule has 17 heavy (non-hydrogen) atoms. The Morgan fingerprint density at radius 2 is 1.94 bits per heavy atom. The lowest BCUT2D eigenvalue weighted by Gasteiger charge is -2.18. The maximum Gasteiger partial charge on any atom is 0.240 e. The fourth-order valence-electron chi connectivity index (χ4n) is 1.03. The van der Waals surface area contributed by atoms with Crippen molar-refractivity contribution in [2.45, 2.75) is 34.1 Å². The van der Waals surface area contributed by atoms with Crippen molar-refractivity contribution in [3.8, 4) is 6.07 Å². The molecule has 0 aromatic heterocycles. The van der Waals surface area contributed by atoms with Gasteiger partial charge in [0.1, 0.15) is 5.41 Å². The molecule has 0 aliphatic carbocycles. The smallest absolute Gasteiger partial charge is 0.240 e. The van der Waals surface area contributed by atoms with Crippen LogP contribution in [0.25, 0.3) is 0 Å². The summed E-state index contributed by atoms with van der Waals surface area (Å²) in [4.78, 5) is 23.0. The van der Waals surface area contributed by atoms with Crippen molar-refractivity contribution in [2.75, 3.05) is 13.1 Å². The number of nitriles is 1. The van der Waals surface area contributed by atoms with Crippen LogP contribution in [-0.4, -0.2) is 24.9 Å². The molecule has 96 valence electrons. The van der Waals surface area contributed by atoms with Crippen LogP contribution in [0.3, 0.4) is 0 Å². The Labute approximate surface area is 103 Å². The number of hydrogen-bond donors (Lipinski definition) is 2. The molecule has 0 rings (SSSR count). The number of amides is 2. The molecule has 0 spiro atoms. The maximum atomic E-state index is 11.7. The molecule has 0 saturated carbocycles. The molecule has 0 aliphatic heterocycles. The summed E-state index contributed by atoms with van der Waals surface area (Å²) in [5.74, 6) is -0.264. The van der Waals surface area contributed by atoms with E-state index in [1.807, 2.05) is 19.9 Å². The van der Waals surface area contributed by atoms with Crippen molar-refractivity contribution in [3.63, 3.8) is 0 Å². The zero-order valence-electron chi connectivity index (χ0n) is 11.0. The molecule has 0 fully saturated rings. The first-order valence-electron chi connectivity index (χ1n) is 5.82. The van der Waals surface area contributed by atoms with Crippen LogP contribution in [0.1, 0.15) is 34.1 Å². The lowest BCUT2D eigenvalue weighted by Crippen LogP contribution is -2.43. The second-order valence-corrected chi connectivity index (χ2v) is 4.68. The molecule has 0 radical (unpaired) electrons. The van der Waals surface area contributed by atoms with Crippen molar-refractivity contribution in [2.24, 2.45) is 11.3 Å². The molecule has 0 aromatic rings. The van der Waals surface area contributed by atoms with Crippen LogP contribution in [-0.2, 0) is 9.59 Å². The van der Waals surface area contributed by atoms with Crippen molar-refractivity contribution < 1.29 is 9.59 Å². The van der Waals surface area contributed by atoms with Crippen LogP contribution in [0, 0.1) is 22.7 Å². The minimum Gasteiger partial charge on any atom is -0.354 e. The highest BCUT2D eigenvalue weighted by Gasteiger charge is 2.31. The number of nitrogens with zero attached hydrogens (tertiary/aromatic N) is 1. The van der Waals surface area contributed by atoms with E-state index in [1.54, 1.807) is 13.8 Å². The molecule has 0 bridgehead atoms. The topological polar surface area (TPSA) is 82.0 Å². The standard InChI is InChI=1S/C12H21N3O2/c1-5-12(4,8-13)11(17)15-7-10(16)14-6-9(2)3/h9H,5-7H2,1-4H3,(H,14,16)(H,15,17). The SMILES string of the molecule is CCC(C)(C#N)C(=O)NCC(=O)NCC(C)C. The van der Waals surface area contributed by atoms with E-state index in [1.165, 1.54) is 0 Å². The highest BCUT2D eigenvalue weighted by atomic mass is 16.2. The summed E-state index contributed by atoms with van der Waals surface area (Å²) >= 11 is 0. The predicted molar refractivity (Wildman–Crippen MR) is 64.9 cm³/mol. The zero-order chi connectivity index (χ0) is 13.5. The molecule has 0 heterocycles. The summed E-state index contributed by atoms with van der Waals surface area (Å²) in [5.41, 5.74) is -1.06. The summed E-state index contributed by atoms with van der Waals surface area (Å²) in [6, 6.07) is 1.96. The average Bonchev–Trinajstić information content (AvgIpc) is 2.32. The molecule has 5 nitrogen and oxygen atoms in total. The molecule has 5 heteroatoms. The van der Waals surface area contributed by atoms with E-state index < -0.39 is 11.3 Å². The van der Waals surface area contributed by atoms with Gasteiger partial charge in [0, 0.05) is 6.54 Å². The second kappa shape index (κ2) is 6.89. The normalized spacial score (nSPS) is 13.6. The third-order valence-corrected chi connectivity index (χ3v) is 2.57. The van der Waals surface area contributed by atoms with Gasteiger partial charge in [-0.25, -0.2) is 0 Å².